The third kappa shape index (κ3) is 8.57. The van der Waals surface area contributed by atoms with Crippen molar-refractivity contribution in [2.75, 3.05) is 6.54 Å². The van der Waals surface area contributed by atoms with Crippen LogP contribution >= 0.6 is 0 Å². The van der Waals surface area contributed by atoms with Crippen LogP contribution in [0.1, 0.15) is 31.9 Å². The molecule has 1 aromatic carbocycles. The zero-order valence-corrected chi connectivity index (χ0v) is 13.7. The van der Waals surface area contributed by atoms with Crippen LogP contribution in [0, 0.1) is 10.1 Å². The fourth-order valence-corrected chi connectivity index (χ4v) is 1.53. The van der Waals surface area contributed by atoms with Gasteiger partial charge in [0, 0.05) is 0 Å². The number of hydrogen-bond acceptors (Lipinski definition) is 7. The molecule has 1 aromatic rings. The van der Waals surface area contributed by atoms with E-state index in [2.05, 4.69) is 10.2 Å². The second-order valence-electron chi connectivity index (χ2n) is 5.83. The smallest absolute Gasteiger partial charge is 0.408 e. The SMILES string of the molecule is CC(C)(C)OC(=O)NCC(=O)OCc1ccc(CO[N+](=O)[O-])cc1. The van der Waals surface area contributed by atoms with Gasteiger partial charge in [-0.25, -0.2) is 4.79 Å². The Labute approximate surface area is 139 Å². The molecule has 0 aliphatic rings. The van der Waals surface area contributed by atoms with Crippen molar-refractivity contribution < 1.29 is 29.0 Å². The molecule has 9 nitrogen and oxygen atoms in total. The number of hydrogen-bond donors (Lipinski definition) is 1. The number of carbonyl (C=O) groups excluding carboxylic acids is 2. The highest BCUT2D eigenvalue weighted by atomic mass is 16.9. The number of nitrogens with one attached hydrogen (secondary N) is 1. The fraction of sp³-hybridized carbons (Fsp3) is 0.467. The molecule has 0 aromatic heterocycles. The summed E-state index contributed by atoms with van der Waals surface area (Å²) < 4.78 is 9.98. The molecular weight excluding hydrogens is 320 g/mol. The van der Waals surface area contributed by atoms with Crippen LogP contribution in [0.25, 0.3) is 0 Å². The van der Waals surface area contributed by atoms with Crippen molar-refractivity contribution in [1.82, 2.24) is 5.32 Å². The summed E-state index contributed by atoms with van der Waals surface area (Å²) in [6.45, 7) is 4.71. The summed E-state index contributed by atoms with van der Waals surface area (Å²) in [5.74, 6) is -0.610. The lowest BCUT2D eigenvalue weighted by Crippen LogP contribution is -2.36. The second-order valence-corrected chi connectivity index (χ2v) is 5.83. The summed E-state index contributed by atoms with van der Waals surface area (Å²) in [4.78, 5) is 37.3. The van der Waals surface area contributed by atoms with E-state index < -0.39 is 22.8 Å². The van der Waals surface area contributed by atoms with E-state index in [0.29, 0.717) is 11.1 Å². The zero-order valence-electron chi connectivity index (χ0n) is 13.7. The van der Waals surface area contributed by atoms with Crippen molar-refractivity contribution >= 4 is 12.1 Å². The Kier molecular flexibility index (Phi) is 6.97. The average molecular weight is 340 g/mol. The van der Waals surface area contributed by atoms with Crippen LogP contribution in [0.15, 0.2) is 24.3 Å². The van der Waals surface area contributed by atoms with Gasteiger partial charge in [-0.3, -0.25) is 4.79 Å². The van der Waals surface area contributed by atoms with Crippen LogP contribution in [0.4, 0.5) is 4.79 Å². The normalized spacial score (nSPS) is 10.6. The fourth-order valence-electron chi connectivity index (χ4n) is 1.53. The molecule has 132 valence electrons. The van der Waals surface area contributed by atoms with E-state index in [1.165, 1.54) is 0 Å². The lowest BCUT2D eigenvalue weighted by Gasteiger charge is -2.19. The van der Waals surface area contributed by atoms with Crippen molar-refractivity contribution in [3.63, 3.8) is 0 Å². The molecule has 0 radical (unpaired) electrons. The van der Waals surface area contributed by atoms with Crippen LogP contribution in [0.3, 0.4) is 0 Å². The summed E-state index contributed by atoms with van der Waals surface area (Å²) in [5, 5.41) is 11.5. The number of ether oxygens (including phenoxy) is 2. The van der Waals surface area contributed by atoms with Gasteiger partial charge >= 0.3 is 12.1 Å². The van der Waals surface area contributed by atoms with Crippen LogP contribution in [0.2, 0.25) is 0 Å². The Morgan fingerprint density at radius 2 is 1.67 bits per heavy atom. The third-order valence-corrected chi connectivity index (χ3v) is 2.54. The maximum atomic E-state index is 11.5. The van der Waals surface area contributed by atoms with Crippen molar-refractivity contribution in [1.29, 1.82) is 0 Å². The van der Waals surface area contributed by atoms with Gasteiger partial charge in [0.15, 0.2) is 0 Å². The van der Waals surface area contributed by atoms with Crippen LogP contribution < -0.4 is 5.32 Å². The maximum absolute atomic E-state index is 11.5. The quantitative estimate of drug-likeness (QED) is 0.458. The predicted octanol–water partition coefficient (Wildman–Crippen LogP) is 1.96. The van der Waals surface area contributed by atoms with Crippen molar-refractivity contribution in [2.45, 2.75) is 39.6 Å². The zero-order chi connectivity index (χ0) is 18.2. The molecule has 0 heterocycles. The van der Waals surface area contributed by atoms with Gasteiger partial charge in [-0.05, 0) is 31.9 Å². The molecule has 24 heavy (non-hydrogen) atoms. The van der Waals surface area contributed by atoms with Gasteiger partial charge in [-0.1, -0.05) is 24.3 Å². The minimum atomic E-state index is -0.868. The minimum Gasteiger partial charge on any atom is -0.460 e. The van der Waals surface area contributed by atoms with Gasteiger partial charge in [0.1, 0.15) is 25.4 Å². The molecule has 0 aliphatic carbocycles. The number of benzene rings is 1. The first kappa shape index (κ1) is 19.2. The molecule has 0 bridgehead atoms. The number of amides is 1. The highest BCUT2D eigenvalue weighted by molar-refractivity contribution is 5.78. The first-order valence-electron chi connectivity index (χ1n) is 7.13. The lowest BCUT2D eigenvalue weighted by molar-refractivity contribution is -0.763. The van der Waals surface area contributed by atoms with Gasteiger partial charge in [0.2, 0.25) is 0 Å². The van der Waals surface area contributed by atoms with Crippen LogP contribution in [-0.4, -0.2) is 29.3 Å². The summed E-state index contributed by atoms with van der Waals surface area (Å²) in [7, 11) is 0. The lowest BCUT2D eigenvalue weighted by atomic mass is 10.1. The third-order valence-electron chi connectivity index (χ3n) is 2.54. The van der Waals surface area contributed by atoms with E-state index in [4.69, 9.17) is 9.47 Å². The van der Waals surface area contributed by atoms with E-state index in [1.807, 2.05) is 0 Å². The topological polar surface area (TPSA) is 117 Å². The summed E-state index contributed by atoms with van der Waals surface area (Å²) >= 11 is 0. The molecular formula is C15H20N2O7. The van der Waals surface area contributed by atoms with Gasteiger partial charge in [-0.15, -0.1) is 10.1 Å². The minimum absolute atomic E-state index is 0.0191. The second kappa shape index (κ2) is 8.70. The highest BCUT2D eigenvalue weighted by Gasteiger charge is 2.16. The maximum Gasteiger partial charge on any atom is 0.408 e. The first-order valence-corrected chi connectivity index (χ1v) is 7.13. The molecule has 0 spiro atoms. The molecule has 1 N–H and O–H groups in total. The molecule has 0 unspecified atom stereocenters. The van der Waals surface area contributed by atoms with E-state index in [0.717, 1.165) is 0 Å². The van der Waals surface area contributed by atoms with E-state index >= 15 is 0 Å². The van der Waals surface area contributed by atoms with Gasteiger partial charge < -0.3 is 19.6 Å². The Morgan fingerprint density at radius 1 is 1.12 bits per heavy atom. The first-order chi connectivity index (χ1) is 11.2. The van der Waals surface area contributed by atoms with Gasteiger partial charge in [0.25, 0.3) is 5.09 Å². The number of carbonyl (C=O) groups is 2. The predicted molar refractivity (Wildman–Crippen MR) is 82.3 cm³/mol. The Bertz CT molecular complexity index is 578. The monoisotopic (exact) mass is 340 g/mol. The molecule has 0 aliphatic heterocycles. The Hall–Kier alpha value is -2.84. The summed E-state index contributed by atoms with van der Waals surface area (Å²) in [6, 6.07) is 6.58. The number of rotatable bonds is 7. The van der Waals surface area contributed by atoms with E-state index in [1.54, 1.807) is 45.0 Å². The van der Waals surface area contributed by atoms with Crippen molar-refractivity contribution in [3.05, 3.63) is 45.5 Å². The van der Waals surface area contributed by atoms with E-state index in [9.17, 15) is 19.7 Å². The number of nitrogens with zero attached hydrogens (tertiary/aromatic N) is 1. The molecule has 0 saturated carbocycles. The number of esters is 1. The number of alkyl carbamates (subject to hydrolysis) is 1. The van der Waals surface area contributed by atoms with Crippen molar-refractivity contribution in [2.24, 2.45) is 0 Å². The largest absolute Gasteiger partial charge is 0.460 e. The molecule has 9 heteroatoms. The molecule has 0 atom stereocenters. The average Bonchev–Trinajstić information content (AvgIpc) is 2.48. The molecule has 0 fully saturated rings. The van der Waals surface area contributed by atoms with Crippen molar-refractivity contribution in [3.8, 4) is 0 Å². The summed E-state index contributed by atoms with van der Waals surface area (Å²) in [5.41, 5.74) is 0.674. The van der Waals surface area contributed by atoms with Gasteiger partial charge in [-0.2, -0.15) is 0 Å². The Balaban J connectivity index is 2.31. The highest BCUT2D eigenvalue weighted by Crippen LogP contribution is 2.08. The molecule has 0 saturated heterocycles. The van der Waals surface area contributed by atoms with Gasteiger partial charge in [0.05, 0.1) is 0 Å². The molecule has 1 amide bonds. The summed E-state index contributed by atoms with van der Waals surface area (Å²) in [6.07, 6.45) is -0.699. The molecule has 1 rings (SSSR count). The van der Waals surface area contributed by atoms with E-state index in [-0.39, 0.29) is 19.8 Å². The standard InChI is InChI=1S/C15H20N2O7/c1-15(2,3)24-14(19)16-8-13(18)22-9-11-4-6-12(7-5-11)10-23-17(20)21/h4-7H,8-10H2,1-3H3,(H,16,19). The Morgan fingerprint density at radius 3 is 2.17 bits per heavy atom. The van der Waals surface area contributed by atoms with Crippen LogP contribution in [0.5, 0.6) is 0 Å². The van der Waals surface area contributed by atoms with Crippen LogP contribution in [-0.2, 0) is 32.3 Å².